The Kier molecular flexibility index (Phi) is 3.92. The maximum atomic E-state index is 5.90. The second-order valence-corrected chi connectivity index (χ2v) is 5.50. The third-order valence-corrected chi connectivity index (χ3v) is 4.20. The number of nitrogens with zero attached hydrogens (tertiary/aromatic N) is 2. The summed E-state index contributed by atoms with van der Waals surface area (Å²) < 4.78 is 11.3. The van der Waals surface area contributed by atoms with Gasteiger partial charge in [-0.3, -0.25) is 0 Å². The quantitative estimate of drug-likeness (QED) is 0.916. The van der Waals surface area contributed by atoms with E-state index in [0.717, 1.165) is 18.6 Å². The van der Waals surface area contributed by atoms with Crippen molar-refractivity contribution in [2.24, 2.45) is 0 Å². The molecule has 0 amide bonds. The highest BCUT2D eigenvalue weighted by Gasteiger charge is 2.30. The molecule has 3 rings (SSSR count). The zero-order chi connectivity index (χ0) is 14.8. The van der Waals surface area contributed by atoms with Crippen LogP contribution in [0.2, 0.25) is 0 Å². The van der Waals surface area contributed by atoms with Crippen LogP contribution in [0.25, 0.3) is 0 Å². The summed E-state index contributed by atoms with van der Waals surface area (Å²) in [7, 11) is 1.96. The van der Waals surface area contributed by atoms with Gasteiger partial charge in [-0.2, -0.15) is 4.98 Å². The van der Waals surface area contributed by atoms with Crippen molar-refractivity contribution in [2.45, 2.75) is 44.8 Å². The summed E-state index contributed by atoms with van der Waals surface area (Å²) in [5.41, 5.74) is 1.20. The second-order valence-electron chi connectivity index (χ2n) is 5.50. The molecule has 1 aromatic carbocycles. The predicted molar refractivity (Wildman–Crippen MR) is 79.4 cm³/mol. The van der Waals surface area contributed by atoms with Crippen molar-refractivity contribution in [3.8, 4) is 5.75 Å². The molecule has 5 heteroatoms. The highest BCUT2D eigenvalue weighted by atomic mass is 16.5. The summed E-state index contributed by atoms with van der Waals surface area (Å²) in [6.45, 7) is 4.25. The fraction of sp³-hybridized carbons (Fsp3) is 0.500. The molecule has 0 bridgehead atoms. The molecule has 21 heavy (non-hydrogen) atoms. The number of hydrogen-bond acceptors (Lipinski definition) is 5. The average molecular weight is 287 g/mol. The van der Waals surface area contributed by atoms with Gasteiger partial charge in [0.25, 0.3) is 0 Å². The van der Waals surface area contributed by atoms with Crippen LogP contribution in [0, 0.1) is 0 Å². The van der Waals surface area contributed by atoms with E-state index in [4.69, 9.17) is 9.26 Å². The minimum absolute atomic E-state index is 0.137. The van der Waals surface area contributed by atoms with Crippen LogP contribution < -0.4 is 10.1 Å². The molecule has 1 aliphatic rings. The van der Waals surface area contributed by atoms with Gasteiger partial charge in [0, 0.05) is 12.5 Å². The molecule has 0 saturated heterocycles. The molecule has 3 unspecified atom stereocenters. The maximum absolute atomic E-state index is 5.90. The highest BCUT2D eigenvalue weighted by Crippen LogP contribution is 2.35. The number of nitrogens with one attached hydrogen (secondary N) is 1. The topological polar surface area (TPSA) is 60.2 Å². The normalized spacial score (nSPS) is 19.9. The Hall–Kier alpha value is -1.88. The molecule has 0 spiro atoms. The summed E-state index contributed by atoms with van der Waals surface area (Å²) in [4.78, 5) is 4.55. The van der Waals surface area contributed by atoms with E-state index in [1.165, 1.54) is 5.56 Å². The van der Waals surface area contributed by atoms with Crippen LogP contribution in [-0.4, -0.2) is 23.2 Å². The number of fused-ring (bicyclic) bond motifs is 1. The summed E-state index contributed by atoms with van der Waals surface area (Å²) in [6, 6.07) is 8.39. The second kappa shape index (κ2) is 5.85. The Morgan fingerprint density at radius 1 is 1.38 bits per heavy atom. The van der Waals surface area contributed by atoms with Crippen molar-refractivity contribution in [3.63, 3.8) is 0 Å². The Labute approximate surface area is 124 Å². The van der Waals surface area contributed by atoms with Crippen molar-refractivity contribution >= 4 is 0 Å². The lowest BCUT2D eigenvalue weighted by Crippen LogP contribution is -2.30. The van der Waals surface area contributed by atoms with Crippen molar-refractivity contribution in [1.29, 1.82) is 0 Å². The van der Waals surface area contributed by atoms with Crippen molar-refractivity contribution in [2.75, 3.05) is 7.05 Å². The van der Waals surface area contributed by atoms with E-state index in [1.54, 1.807) is 0 Å². The molecule has 2 heterocycles. The van der Waals surface area contributed by atoms with Gasteiger partial charge in [0.05, 0.1) is 5.92 Å². The van der Waals surface area contributed by atoms with Gasteiger partial charge < -0.3 is 14.6 Å². The first-order valence-electron chi connectivity index (χ1n) is 7.48. The average Bonchev–Trinajstić information content (AvgIpc) is 3.14. The number of rotatable bonds is 5. The van der Waals surface area contributed by atoms with Gasteiger partial charge in [0.1, 0.15) is 5.75 Å². The third-order valence-electron chi connectivity index (χ3n) is 4.20. The van der Waals surface area contributed by atoms with E-state index in [1.807, 2.05) is 25.2 Å². The van der Waals surface area contributed by atoms with Gasteiger partial charge in [-0.15, -0.1) is 0 Å². The van der Waals surface area contributed by atoms with Crippen LogP contribution in [-0.2, 0) is 6.42 Å². The van der Waals surface area contributed by atoms with E-state index in [9.17, 15) is 0 Å². The Morgan fingerprint density at radius 2 is 2.19 bits per heavy atom. The first kappa shape index (κ1) is 14.1. The lowest BCUT2D eigenvalue weighted by Gasteiger charge is -2.18. The molecule has 1 aliphatic heterocycles. The van der Waals surface area contributed by atoms with E-state index in [0.29, 0.717) is 17.8 Å². The third kappa shape index (κ3) is 2.65. The number of hydrogen-bond donors (Lipinski definition) is 1. The predicted octanol–water partition coefficient (Wildman–Crippen LogP) is 2.85. The van der Waals surface area contributed by atoms with Crippen LogP contribution in [0.1, 0.15) is 49.6 Å². The van der Waals surface area contributed by atoms with Gasteiger partial charge in [-0.1, -0.05) is 37.2 Å². The van der Waals surface area contributed by atoms with Crippen molar-refractivity contribution in [3.05, 3.63) is 41.5 Å². The smallest absolute Gasteiger partial charge is 0.231 e. The molecule has 0 radical (unpaired) electrons. The minimum atomic E-state index is -0.137. The molecule has 3 atom stereocenters. The first-order chi connectivity index (χ1) is 10.2. The summed E-state index contributed by atoms with van der Waals surface area (Å²) in [5, 5.41) is 7.40. The molecule has 5 nitrogen and oxygen atoms in total. The number of aromatic nitrogens is 2. The van der Waals surface area contributed by atoms with Crippen LogP contribution in [0.4, 0.5) is 0 Å². The summed E-state index contributed by atoms with van der Waals surface area (Å²) in [6.07, 6.45) is 1.68. The van der Waals surface area contributed by atoms with E-state index < -0.39 is 0 Å². The standard InChI is InChI=1S/C16H21N3O2/c1-4-12(17-3)10(2)16-18-15(19-21-16)14-9-11-7-5-6-8-13(11)20-14/h5-8,10,12,14,17H,4,9H2,1-3H3. The molecule has 0 aliphatic carbocycles. The van der Waals surface area contributed by atoms with Crippen LogP contribution in [0.15, 0.2) is 28.8 Å². The molecule has 1 N–H and O–H groups in total. The maximum Gasteiger partial charge on any atom is 0.231 e. The fourth-order valence-corrected chi connectivity index (χ4v) is 2.87. The highest BCUT2D eigenvalue weighted by molar-refractivity contribution is 5.37. The monoisotopic (exact) mass is 287 g/mol. The molecule has 2 aromatic rings. The summed E-state index contributed by atoms with van der Waals surface area (Å²) >= 11 is 0. The number of benzene rings is 1. The van der Waals surface area contributed by atoms with E-state index in [2.05, 4.69) is 35.4 Å². The van der Waals surface area contributed by atoms with Gasteiger partial charge in [-0.05, 0) is 25.1 Å². The van der Waals surface area contributed by atoms with Crippen molar-refractivity contribution in [1.82, 2.24) is 15.5 Å². The molecule has 1 aromatic heterocycles. The lowest BCUT2D eigenvalue weighted by atomic mass is 10.00. The van der Waals surface area contributed by atoms with Crippen LogP contribution >= 0.6 is 0 Å². The molecule has 112 valence electrons. The first-order valence-corrected chi connectivity index (χ1v) is 7.48. The molecule has 0 saturated carbocycles. The lowest BCUT2D eigenvalue weighted by molar-refractivity contribution is 0.220. The van der Waals surface area contributed by atoms with Gasteiger partial charge in [0.2, 0.25) is 11.7 Å². The van der Waals surface area contributed by atoms with Gasteiger partial charge >= 0.3 is 0 Å². The van der Waals surface area contributed by atoms with Crippen LogP contribution in [0.5, 0.6) is 5.75 Å². The van der Waals surface area contributed by atoms with E-state index >= 15 is 0 Å². The number of likely N-dealkylation sites (N-methyl/N-ethyl adjacent to an activating group) is 1. The Bertz CT molecular complexity index is 582. The zero-order valence-electron chi connectivity index (χ0n) is 12.7. The number of ether oxygens (including phenoxy) is 1. The fourth-order valence-electron chi connectivity index (χ4n) is 2.87. The molecule has 0 fully saturated rings. The Balaban J connectivity index is 1.75. The van der Waals surface area contributed by atoms with Gasteiger partial charge in [0.15, 0.2) is 6.10 Å². The zero-order valence-corrected chi connectivity index (χ0v) is 12.7. The largest absolute Gasteiger partial charge is 0.482 e. The summed E-state index contributed by atoms with van der Waals surface area (Å²) in [5.74, 6) is 2.42. The van der Waals surface area contributed by atoms with Crippen LogP contribution in [0.3, 0.4) is 0 Å². The van der Waals surface area contributed by atoms with Gasteiger partial charge in [-0.25, -0.2) is 0 Å². The molecular weight excluding hydrogens is 266 g/mol. The minimum Gasteiger partial charge on any atom is -0.482 e. The molecular formula is C16H21N3O2. The Morgan fingerprint density at radius 3 is 2.90 bits per heavy atom. The SMILES string of the molecule is CCC(NC)C(C)c1nc(C2Cc3ccccc3O2)no1. The van der Waals surface area contributed by atoms with Crippen molar-refractivity contribution < 1.29 is 9.26 Å². The van der Waals surface area contributed by atoms with E-state index in [-0.39, 0.29) is 12.0 Å². The number of para-hydroxylation sites is 1.